The average molecular weight is 206 g/mol. The number of methoxy groups -OCH3 is 1. The number of ether oxygens (including phenoxy) is 2. The molecule has 0 aliphatic carbocycles. The summed E-state index contributed by atoms with van der Waals surface area (Å²) >= 11 is 0. The molecule has 0 fully saturated rings. The van der Waals surface area contributed by atoms with Crippen molar-refractivity contribution in [2.24, 2.45) is 0 Å². The van der Waals surface area contributed by atoms with Crippen LogP contribution in [0.1, 0.15) is 26.2 Å². The smallest absolute Gasteiger partial charge is 0.0831 e. The van der Waals surface area contributed by atoms with Crippen molar-refractivity contribution >= 4 is 0 Å². The van der Waals surface area contributed by atoms with E-state index < -0.39 is 6.10 Å². The summed E-state index contributed by atoms with van der Waals surface area (Å²) in [5.74, 6) is 0. The quantitative estimate of drug-likeness (QED) is 0.541. The summed E-state index contributed by atoms with van der Waals surface area (Å²) in [6.45, 7) is 2.95. The summed E-state index contributed by atoms with van der Waals surface area (Å²) in [7, 11) is 1.54. The van der Waals surface area contributed by atoms with Gasteiger partial charge in [0, 0.05) is 20.1 Å². The highest BCUT2D eigenvalue weighted by molar-refractivity contribution is 4.63. The molecule has 0 saturated carbocycles. The maximum absolute atomic E-state index is 9.39. The first-order valence-electron chi connectivity index (χ1n) is 5.14. The Morgan fingerprint density at radius 3 is 2.57 bits per heavy atom. The fourth-order valence-electron chi connectivity index (χ4n) is 1.15. The standard InChI is InChI=1S/C10H22O4/c1-3-4-5-14-10(7-11)6-9(12)8-13-2/h9-12H,3-8H2,1-2H3. The second kappa shape index (κ2) is 9.40. The highest BCUT2D eigenvalue weighted by Crippen LogP contribution is 2.04. The Balaban J connectivity index is 3.55. The predicted octanol–water partition coefficient (Wildman–Crippen LogP) is 0.561. The van der Waals surface area contributed by atoms with E-state index in [1.165, 1.54) is 7.11 Å². The number of aliphatic hydroxyl groups is 2. The summed E-state index contributed by atoms with van der Waals surface area (Å²) in [4.78, 5) is 0. The third kappa shape index (κ3) is 7.26. The number of hydrogen-bond acceptors (Lipinski definition) is 4. The average Bonchev–Trinajstić information content (AvgIpc) is 2.17. The summed E-state index contributed by atoms with van der Waals surface area (Å²) in [5, 5.41) is 18.4. The van der Waals surface area contributed by atoms with E-state index in [4.69, 9.17) is 14.6 Å². The first kappa shape index (κ1) is 13.8. The van der Waals surface area contributed by atoms with Crippen LogP contribution in [0.15, 0.2) is 0 Å². The zero-order valence-electron chi connectivity index (χ0n) is 9.11. The lowest BCUT2D eigenvalue weighted by molar-refractivity contribution is -0.0333. The van der Waals surface area contributed by atoms with Crippen LogP contribution in [-0.2, 0) is 9.47 Å². The maximum atomic E-state index is 9.39. The molecule has 0 heterocycles. The zero-order valence-corrected chi connectivity index (χ0v) is 9.11. The molecule has 0 aliphatic rings. The molecule has 2 unspecified atom stereocenters. The van der Waals surface area contributed by atoms with E-state index in [-0.39, 0.29) is 19.3 Å². The predicted molar refractivity (Wildman–Crippen MR) is 54.2 cm³/mol. The Bertz CT molecular complexity index is 119. The largest absolute Gasteiger partial charge is 0.394 e. The first-order chi connectivity index (χ1) is 6.74. The number of hydrogen-bond donors (Lipinski definition) is 2. The lowest BCUT2D eigenvalue weighted by Gasteiger charge is -2.18. The van der Waals surface area contributed by atoms with Gasteiger partial charge in [0.25, 0.3) is 0 Å². The molecular formula is C10H22O4. The van der Waals surface area contributed by atoms with Gasteiger partial charge in [0.1, 0.15) is 0 Å². The van der Waals surface area contributed by atoms with E-state index in [9.17, 15) is 5.11 Å². The number of aliphatic hydroxyl groups excluding tert-OH is 2. The van der Waals surface area contributed by atoms with Gasteiger partial charge in [-0.05, 0) is 6.42 Å². The summed E-state index contributed by atoms with van der Waals surface area (Å²) in [6, 6.07) is 0. The second-order valence-corrected chi connectivity index (χ2v) is 3.37. The van der Waals surface area contributed by atoms with Crippen LogP contribution in [-0.4, -0.2) is 49.4 Å². The fraction of sp³-hybridized carbons (Fsp3) is 1.00. The molecule has 14 heavy (non-hydrogen) atoms. The monoisotopic (exact) mass is 206 g/mol. The highest BCUT2D eigenvalue weighted by Gasteiger charge is 2.13. The molecule has 4 nitrogen and oxygen atoms in total. The van der Waals surface area contributed by atoms with Gasteiger partial charge in [0.15, 0.2) is 0 Å². The minimum Gasteiger partial charge on any atom is -0.394 e. The molecule has 0 bridgehead atoms. The van der Waals surface area contributed by atoms with Crippen LogP contribution in [0, 0.1) is 0 Å². The van der Waals surface area contributed by atoms with Crippen molar-refractivity contribution in [2.75, 3.05) is 26.9 Å². The maximum Gasteiger partial charge on any atom is 0.0831 e. The van der Waals surface area contributed by atoms with Gasteiger partial charge in [-0.3, -0.25) is 0 Å². The van der Waals surface area contributed by atoms with E-state index in [0.29, 0.717) is 13.0 Å². The molecule has 0 aromatic heterocycles. The lowest BCUT2D eigenvalue weighted by atomic mass is 10.2. The van der Waals surface area contributed by atoms with E-state index in [1.54, 1.807) is 0 Å². The summed E-state index contributed by atoms with van der Waals surface area (Å²) < 4.78 is 10.2. The lowest BCUT2D eigenvalue weighted by Crippen LogP contribution is -2.27. The molecular weight excluding hydrogens is 184 g/mol. The van der Waals surface area contributed by atoms with Crippen LogP contribution < -0.4 is 0 Å². The molecule has 0 rings (SSSR count). The van der Waals surface area contributed by atoms with Gasteiger partial charge in [-0.25, -0.2) is 0 Å². The van der Waals surface area contributed by atoms with E-state index in [2.05, 4.69) is 6.92 Å². The molecule has 0 aromatic rings. The van der Waals surface area contributed by atoms with Crippen molar-refractivity contribution in [1.82, 2.24) is 0 Å². The number of rotatable bonds is 9. The SMILES string of the molecule is CCCCOC(CO)CC(O)COC. The Labute approximate surface area is 85.8 Å². The summed E-state index contributed by atoms with van der Waals surface area (Å²) in [5.41, 5.74) is 0. The molecule has 0 saturated heterocycles. The normalized spacial score (nSPS) is 15.4. The van der Waals surface area contributed by atoms with Crippen molar-refractivity contribution < 1.29 is 19.7 Å². The highest BCUT2D eigenvalue weighted by atomic mass is 16.5. The topological polar surface area (TPSA) is 58.9 Å². The molecule has 4 heteroatoms. The van der Waals surface area contributed by atoms with Crippen molar-refractivity contribution in [3.8, 4) is 0 Å². The van der Waals surface area contributed by atoms with Crippen LogP contribution in [0.3, 0.4) is 0 Å². The van der Waals surface area contributed by atoms with Gasteiger partial charge in [-0.1, -0.05) is 13.3 Å². The molecule has 2 N–H and O–H groups in total. The van der Waals surface area contributed by atoms with Crippen molar-refractivity contribution in [1.29, 1.82) is 0 Å². The molecule has 0 radical (unpaired) electrons. The fourth-order valence-corrected chi connectivity index (χ4v) is 1.15. The van der Waals surface area contributed by atoms with Crippen molar-refractivity contribution in [2.45, 2.75) is 38.4 Å². The minimum absolute atomic E-state index is 0.0511. The van der Waals surface area contributed by atoms with Gasteiger partial charge in [0.05, 0.1) is 25.4 Å². The summed E-state index contributed by atoms with van der Waals surface area (Å²) in [6.07, 6.45) is 1.65. The molecule has 2 atom stereocenters. The molecule has 0 aliphatic heterocycles. The Morgan fingerprint density at radius 1 is 1.36 bits per heavy atom. The Morgan fingerprint density at radius 2 is 2.07 bits per heavy atom. The van der Waals surface area contributed by atoms with Gasteiger partial charge < -0.3 is 19.7 Å². The first-order valence-corrected chi connectivity index (χ1v) is 5.14. The second-order valence-electron chi connectivity index (χ2n) is 3.37. The molecule has 0 aromatic carbocycles. The Hall–Kier alpha value is -0.160. The van der Waals surface area contributed by atoms with Crippen LogP contribution in [0.25, 0.3) is 0 Å². The van der Waals surface area contributed by atoms with Gasteiger partial charge >= 0.3 is 0 Å². The van der Waals surface area contributed by atoms with Crippen molar-refractivity contribution in [3.05, 3.63) is 0 Å². The van der Waals surface area contributed by atoms with Crippen LogP contribution in [0.2, 0.25) is 0 Å². The molecule has 0 spiro atoms. The molecule has 0 amide bonds. The third-order valence-electron chi connectivity index (χ3n) is 1.95. The zero-order chi connectivity index (χ0) is 10.8. The molecule has 86 valence electrons. The van der Waals surface area contributed by atoms with E-state index in [0.717, 1.165) is 12.8 Å². The van der Waals surface area contributed by atoms with Gasteiger partial charge in [-0.15, -0.1) is 0 Å². The van der Waals surface area contributed by atoms with Crippen LogP contribution in [0.5, 0.6) is 0 Å². The van der Waals surface area contributed by atoms with E-state index >= 15 is 0 Å². The third-order valence-corrected chi connectivity index (χ3v) is 1.95. The van der Waals surface area contributed by atoms with Crippen LogP contribution >= 0.6 is 0 Å². The van der Waals surface area contributed by atoms with Crippen molar-refractivity contribution in [3.63, 3.8) is 0 Å². The van der Waals surface area contributed by atoms with Gasteiger partial charge in [0.2, 0.25) is 0 Å². The van der Waals surface area contributed by atoms with Crippen LogP contribution in [0.4, 0.5) is 0 Å². The minimum atomic E-state index is -0.557. The Kier molecular flexibility index (Phi) is 9.29. The number of unbranched alkanes of at least 4 members (excludes halogenated alkanes) is 1. The van der Waals surface area contributed by atoms with E-state index in [1.807, 2.05) is 0 Å². The van der Waals surface area contributed by atoms with Gasteiger partial charge in [-0.2, -0.15) is 0 Å².